The summed E-state index contributed by atoms with van der Waals surface area (Å²) in [4.78, 5) is 14.4. The SMILES string of the molecule is C=CCCN1CCCCC1C1CCCC1=O. The van der Waals surface area contributed by atoms with Gasteiger partial charge >= 0.3 is 0 Å². The minimum atomic E-state index is 0.352. The summed E-state index contributed by atoms with van der Waals surface area (Å²) in [6.45, 7) is 6.07. The van der Waals surface area contributed by atoms with Gasteiger partial charge in [-0.15, -0.1) is 6.58 Å². The van der Waals surface area contributed by atoms with Crippen molar-refractivity contribution in [1.82, 2.24) is 4.90 Å². The molecule has 0 bridgehead atoms. The van der Waals surface area contributed by atoms with Gasteiger partial charge < -0.3 is 0 Å². The quantitative estimate of drug-likeness (QED) is 0.680. The molecule has 2 unspecified atom stereocenters. The number of rotatable bonds is 4. The molecule has 1 aliphatic carbocycles. The van der Waals surface area contributed by atoms with E-state index in [-0.39, 0.29) is 0 Å². The van der Waals surface area contributed by atoms with Gasteiger partial charge in [0.05, 0.1) is 0 Å². The van der Waals surface area contributed by atoms with Gasteiger partial charge in [0.2, 0.25) is 0 Å². The molecule has 0 aromatic rings. The first-order valence-corrected chi connectivity index (χ1v) is 6.70. The number of piperidine rings is 1. The third kappa shape index (κ3) is 2.54. The van der Waals surface area contributed by atoms with E-state index < -0.39 is 0 Å². The van der Waals surface area contributed by atoms with Crippen LogP contribution < -0.4 is 0 Å². The molecule has 16 heavy (non-hydrogen) atoms. The fourth-order valence-electron chi connectivity index (χ4n) is 3.26. The summed E-state index contributed by atoms with van der Waals surface area (Å²) in [6, 6.07) is 0.545. The number of ketones is 1. The van der Waals surface area contributed by atoms with Crippen molar-refractivity contribution in [2.75, 3.05) is 13.1 Å². The number of carbonyl (C=O) groups excluding carboxylic acids is 1. The smallest absolute Gasteiger partial charge is 0.137 e. The van der Waals surface area contributed by atoms with E-state index in [0.717, 1.165) is 32.2 Å². The van der Waals surface area contributed by atoms with Gasteiger partial charge in [-0.2, -0.15) is 0 Å². The van der Waals surface area contributed by atoms with Crippen LogP contribution in [0.3, 0.4) is 0 Å². The molecule has 90 valence electrons. The van der Waals surface area contributed by atoms with Gasteiger partial charge in [-0.05, 0) is 38.6 Å². The number of nitrogens with zero attached hydrogens (tertiary/aromatic N) is 1. The Balaban J connectivity index is 1.97. The Bertz CT molecular complexity index is 261. The highest BCUT2D eigenvalue weighted by Crippen LogP contribution is 2.32. The van der Waals surface area contributed by atoms with Crippen LogP contribution in [0.25, 0.3) is 0 Å². The number of carbonyl (C=O) groups is 1. The largest absolute Gasteiger partial charge is 0.299 e. The Morgan fingerprint density at radius 1 is 1.31 bits per heavy atom. The van der Waals surface area contributed by atoms with E-state index in [4.69, 9.17) is 0 Å². The van der Waals surface area contributed by atoms with Crippen LogP contribution in [-0.2, 0) is 4.79 Å². The van der Waals surface area contributed by atoms with E-state index in [1.165, 1.54) is 25.8 Å². The predicted molar refractivity (Wildman–Crippen MR) is 66.4 cm³/mol. The molecule has 2 nitrogen and oxygen atoms in total. The van der Waals surface area contributed by atoms with Gasteiger partial charge in [-0.1, -0.05) is 12.5 Å². The predicted octanol–water partition coefficient (Wildman–Crippen LogP) is 2.79. The first-order valence-electron chi connectivity index (χ1n) is 6.70. The maximum absolute atomic E-state index is 11.8. The van der Waals surface area contributed by atoms with Crippen molar-refractivity contribution in [2.24, 2.45) is 5.92 Å². The third-order valence-electron chi connectivity index (χ3n) is 4.10. The second-order valence-electron chi connectivity index (χ2n) is 5.14. The van der Waals surface area contributed by atoms with Crippen molar-refractivity contribution in [1.29, 1.82) is 0 Å². The van der Waals surface area contributed by atoms with Gasteiger partial charge in [-0.3, -0.25) is 9.69 Å². The van der Waals surface area contributed by atoms with E-state index in [2.05, 4.69) is 11.5 Å². The molecule has 0 radical (unpaired) electrons. The summed E-state index contributed by atoms with van der Waals surface area (Å²) < 4.78 is 0. The van der Waals surface area contributed by atoms with Crippen LogP contribution in [0.1, 0.15) is 44.9 Å². The average Bonchev–Trinajstić information content (AvgIpc) is 2.73. The average molecular weight is 221 g/mol. The molecule has 2 fully saturated rings. The molecule has 2 rings (SSSR count). The Hall–Kier alpha value is -0.630. The van der Waals surface area contributed by atoms with Gasteiger partial charge in [0.25, 0.3) is 0 Å². The molecule has 2 aliphatic rings. The monoisotopic (exact) mass is 221 g/mol. The summed E-state index contributed by atoms with van der Waals surface area (Å²) in [5.41, 5.74) is 0. The van der Waals surface area contributed by atoms with E-state index in [9.17, 15) is 4.79 Å². The highest BCUT2D eigenvalue weighted by Gasteiger charge is 2.36. The Kier molecular flexibility index (Phi) is 4.16. The van der Waals surface area contributed by atoms with Crippen molar-refractivity contribution in [3.63, 3.8) is 0 Å². The molecule has 1 saturated carbocycles. The molecule has 0 amide bonds. The molecule has 2 atom stereocenters. The molecule has 1 saturated heterocycles. The number of Topliss-reactive ketones (excluding diaryl/α,β-unsaturated/α-hetero) is 1. The standard InChI is InChI=1S/C14H23NO/c1-2-3-10-15-11-5-4-8-13(15)12-7-6-9-14(12)16/h2,12-13H,1,3-11H2. The molecular formula is C14H23NO. The van der Waals surface area contributed by atoms with E-state index >= 15 is 0 Å². The number of hydrogen-bond donors (Lipinski definition) is 0. The lowest BCUT2D eigenvalue weighted by Crippen LogP contribution is -2.45. The minimum Gasteiger partial charge on any atom is -0.299 e. The summed E-state index contributed by atoms with van der Waals surface area (Å²) >= 11 is 0. The molecule has 2 heteroatoms. The van der Waals surface area contributed by atoms with Crippen molar-refractivity contribution < 1.29 is 4.79 Å². The van der Waals surface area contributed by atoms with Crippen LogP contribution in [0.15, 0.2) is 12.7 Å². The topological polar surface area (TPSA) is 20.3 Å². The van der Waals surface area contributed by atoms with Crippen LogP contribution >= 0.6 is 0 Å². The van der Waals surface area contributed by atoms with Crippen molar-refractivity contribution in [3.8, 4) is 0 Å². The Morgan fingerprint density at radius 3 is 2.88 bits per heavy atom. The first kappa shape index (κ1) is 11.8. The molecule has 0 aromatic heterocycles. The van der Waals surface area contributed by atoms with Gasteiger partial charge in [0.1, 0.15) is 5.78 Å². The highest BCUT2D eigenvalue weighted by atomic mass is 16.1. The van der Waals surface area contributed by atoms with Gasteiger partial charge in [0.15, 0.2) is 0 Å². The minimum absolute atomic E-state index is 0.352. The van der Waals surface area contributed by atoms with Crippen LogP contribution in [0.4, 0.5) is 0 Å². The molecule has 0 spiro atoms. The summed E-state index contributed by atoms with van der Waals surface area (Å²) in [7, 11) is 0. The van der Waals surface area contributed by atoms with Crippen LogP contribution in [0.2, 0.25) is 0 Å². The highest BCUT2D eigenvalue weighted by molar-refractivity contribution is 5.83. The Morgan fingerprint density at radius 2 is 2.19 bits per heavy atom. The molecule has 1 aliphatic heterocycles. The van der Waals surface area contributed by atoms with Gasteiger partial charge in [0, 0.05) is 24.9 Å². The second kappa shape index (κ2) is 5.62. The van der Waals surface area contributed by atoms with Crippen molar-refractivity contribution >= 4 is 5.78 Å². The maximum Gasteiger partial charge on any atom is 0.137 e. The fraction of sp³-hybridized carbons (Fsp3) is 0.786. The first-order chi connectivity index (χ1) is 7.83. The van der Waals surface area contributed by atoms with Gasteiger partial charge in [-0.25, -0.2) is 0 Å². The van der Waals surface area contributed by atoms with Crippen LogP contribution in [0, 0.1) is 5.92 Å². The molecular weight excluding hydrogens is 198 g/mol. The third-order valence-corrected chi connectivity index (χ3v) is 4.10. The lowest BCUT2D eigenvalue weighted by atomic mass is 9.88. The second-order valence-corrected chi connectivity index (χ2v) is 5.14. The lowest BCUT2D eigenvalue weighted by molar-refractivity contribution is -0.123. The van der Waals surface area contributed by atoms with Crippen LogP contribution in [0.5, 0.6) is 0 Å². The summed E-state index contributed by atoms with van der Waals surface area (Å²) in [6.07, 6.45) is 9.96. The molecule has 0 aromatic carbocycles. The van der Waals surface area contributed by atoms with E-state index in [0.29, 0.717) is 17.7 Å². The van der Waals surface area contributed by atoms with Crippen molar-refractivity contribution in [2.45, 2.75) is 51.0 Å². The molecule has 1 heterocycles. The summed E-state index contributed by atoms with van der Waals surface area (Å²) in [5, 5.41) is 0. The van der Waals surface area contributed by atoms with Crippen LogP contribution in [-0.4, -0.2) is 29.8 Å². The van der Waals surface area contributed by atoms with Crippen molar-refractivity contribution in [3.05, 3.63) is 12.7 Å². The molecule has 0 N–H and O–H groups in total. The fourth-order valence-corrected chi connectivity index (χ4v) is 3.26. The maximum atomic E-state index is 11.8. The number of likely N-dealkylation sites (tertiary alicyclic amines) is 1. The zero-order valence-electron chi connectivity index (χ0n) is 10.2. The zero-order valence-corrected chi connectivity index (χ0v) is 10.2. The number of hydrogen-bond acceptors (Lipinski definition) is 2. The lowest BCUT2D eigenvalue weighted by Gasteiger charge is -2.38. The zero-order chi connectivity index (χ0) is 11.4. The normalized spacial score (nSPS) is 31.9. The van der Waals surface area contributed by atoms with E-state index in [1.807, 2.05) is 6.08 Å². The van der Waals surface area contributed by atoms with E-state index in [1.54, 1.807) is 0 Å². The Labute approximate surface area is 98.7 Å². The summed E-state index contributed by atoms with van der Waals surface area (Å²) in [5.74, 6) is 0.876.